The molecule has 0 saturated heterocycles. The molecule has 0 saturated carbocycles. The van der Waals surface area contributed by atoms with Crippen LogP contribution in [0, 0.1) is 0 Å². The lowest BCUT2D eigenvalue weighted by Crippen LogP contribution is -2.31. The Balaban J connectivity index is 2.79. The van der Waals surface area contributed by atoms with Gasteiger partial charge in [-0.15, -0.1) is 0 Å². The van der Waals surface area contributed by atoms with Crippen molar-refractivity contribution in [3.63, 3.8) is 0 Å². The lowest BCUT2D eigenvalue weighted by molar-refractivity contribution is -0.143. The Bertz CT molecular complexity index is 606. The first kappa shape index (κ1) is 18.9. The van der Waals surface area contributed by atoms with E-state index in [2.05, 4.69) is 19.5 Å². The van der Waals surface area contributed by atoms with E-state index < -0.39 is 30.4 Å². The summed E-state index contributed by atoms with van der Waals surface area (Å²) in [7, 11) is 2.38. The predicted molar refractivity (Wildman–Crippen MR) is 79.4 cm³/mol. The normalized spacial score (nSPS) is 9.62. The van der Waals surface area contributed by atoms with E-state index in [-0.39, 0.29) is 23.6 Å². The number of ether oxygens (including phenoxy) is 4. The van der Waals surface area contributed by atoms with Gasteiger partial charge in [-0.05, 0) is 18.2 Å². The van der Waals surface area contributed by atoms with Crippen LogP contribution in [0.5, 0.6) is 5.75 Å². The van der Waals surface area contributed by atoms with Crippen LogP contribution in [0.4, 0.5) is 0 Å². The number of nitrogens with one attached hydrogen (secondary N) is 1. The minimum Gasteiger partial charge on any atom is -0.484 e. The van der Waals surface area contributed by atoms with Crippen molar-refractivity contribution in [3.8, 4) is 5.75 Å². The van der Waals surface area contributed by atoms with Crippen LogP contribution >= 0.6 is 0 Å². The first-order valence-electron chi connectivity index (χ1n) is 6.72. The quantitative estimate of drug-likeness (QED) is 0.427. The Morgan fingerprint density at radius 2 is 1.50 bits per heavy atom. The molecule has 1 aromatic rings. The zero-order valence-electron chi connectivity index (χ0n) is 13.4. The van der Waals surface area contributed by atoms with Crippen molar-refractivity contribution in [2.24, 2.45) is 0 Å². The highest BCUT2D eigenvalue weighted by Gasteiger charge is 2.15. The topological polar surface area (TPSA) is 117 Å². The Kier molecular flexibility index (Phi) is 7.21. The highest BCUT2D eigenvalue weighted by atomic mass is 16.5. The van der Waals surface area contributed by atoms with Gasteiger partial charge in [-0.3, -0.25) is 9.59 Å². The van der Waals surface area contributed by atoms with E-state index >= 15 is 0 Å². The second-order valence-electron chi connectivity index (χ2n) is 4.40. The fourth-order valence-electron chi connectivity index (χ4n) is 1.57. The summed E-state index contributed by atoms with van der Waals surface area (Å²) >= 11 is 0. The van der Waals surface area contributed by atoms with Gasteiger partial charge >= 0.3 is 17.9 Å². The largest absolute Gasteiger partial charge is 0.484 e. The summed E-state index contributed by atoms with van der Waals surface area (Å²) < 4.78 is 18.9. The zero-order chi connectivity index (χ0) is 18.1. The van der Waals surface area contributed by atoms with Crippen LogP contribution in [0.15, 0.2) is 18.2 Å². The molecule has 1 rings (SSSR count). The van der Waals surface area contributed by atoms with Gasteiger partial charge in [-0.25, -0.2) is 9.59 Å². The molecule has 0 atom stereocenters. The van der Waals surface area contributed by atoms with Crippen molar-refractivity contribution in [1.29, 1.82) is 0 Å². The monoisotopic (exact) mass is 339 g/mol. The van der Waals surface area contributed by atoms with E-state index in [1.807, 2.05) is 0 Å². The maximum absolute atomic E-state index is 11.6. The smallest absolute Gasteiger partial charge is 0.338 e. The molecule has 1 amide bonds. The van der Waals surface area contributed by atoms with Crippen LogP contribution in [0.25, 0.3) is 0 Å². The predicted octanol–water partition coefficient (Wildman–Crippen LogP) is 0.275. The van der Waals surface area contributed by atoms with Crippen LogP contribution in [-0.2, 0) is 23.8 Å². The lowest BCUT2D eigenvalue weighted by Gasteiger charge is -2.10. The van der Waals surface area contributed by atoms with Gasteiger partial charge in [0, 0.05) is 6.92 Å². The Morgan fingerprint density at radius 3 is 1.96 bits per heavy atom. The minimum atomic E-state index is -0.676. The highest BCUT2D eigenvalue weighted by Crippen LogP contribution is 2.19. The third-order valence-electron chi connectivity index (χ3n) is 2.66. The van der Waals surface area contributed by atoms with Gasteiger partial charge in [0.15, 0.2) is 13.3 Å². The lowest BCUT2D eigenvalue weighted by atomic mass is 10.1. The fraction of sp³-hybridized carbons (Fsp3) is 0.333. The van der Waals surface area contributed by atoms with Crippen LogP contribution < -0.4 is 10.1 Å². The van der Waals surface area contributed by atoms with Gasteiger partial charge in [-0.1, -0.05) is 0 Å². The number of methoxy groups -OCH3 is 2. The van der Waals surface area contributed by atoms with E-state index in [1.54, 1.807) is 0 Å². The molecule has 9 nitrogen and oxygen atoms in total. The second-order valence-corrected chi connectivity index (χ2v) is 4.40. The molecule has 0 aliphatic carbocycles. The van der Waals surface area contributed by atoms with Crippen LogP contribution in [0.3, 0.4) is 0 Å². The van der Waals surface area contributed by atoms with Crippen molar-refractivity contribution in [2.75, 3.05) is 27.6 Å². The van der Waals surface area contributed by atoms with Crippen molar-refractivity contribution in [3.05, 3.63) is 29.3 Å². The SMILES string of the molecule is COC(=O)c1cc(OCC(=O)NCOC(C)=O)cc(C(=O)OC)c1. The number of rotatable bonds is 7. The Labute approximate surface area is 137 Å². The van der Waals surface area contributed by atoms with E-state index in [0.717, 1.165) is 0 Å². The Morgan fingerprint density at radius 1 is 0.958 bits per heavy atom. The molecule has 1 aromatic carbocycles. The van der Waals surface area contributed by atoms with E-state index in [0.29, 0.717) is 0 Å². The molecule has 0 aliphatic rings. The summed E-state index contributed by atoms with van der Waals surface area (Å²) in [6, 6.07) is 3.92. The molecular weight excluding hydrogens is 322 g/mol. The third-order valence-corrected chi connectivity index (χ3v) is 2.66. The summed E-state index contributed by atoms with van der Waals surface area (Å²) in [5.41, 5.74) is 0.131. The van der Waals surface area contributed by atoms with Gasteiger partial charge in [0.1, 0.15) is 5.75 Å². The number of esters is 3. The summed E-state index contributed by atoms with van der Waals surface area (Å²) in [4.78, 5) is 45.3. The zero-order valence-corrected chi connectivity index (χ0v) is 13.4. The van der Waals surface area contributed by atoms with E-state index in [9.17, 15) is 19.2 Å². The van der Waals surface area contributed by atoms with Crippen LogP contribution in [0.2, 0.25) is 0 Å². The van der Waals surface area contributed by atoms with Gasteiger partial charge in [-0.2, -0.15) is 0 Å². The summed E-state index contributed by atoms with van der Waals surface area (Å²) in [6.45, 7) is 0.509. The molecule has 9 heteroatoms. The minimum absolute atomic E-state index is 0.0655. The fourth-order valence-corrected chi connectivity index (χ4v) is 1.57. The summed E-state index contributed by atoms with van der Waals surface area (Å²) in [6.07, 6.45) is 0. The number of benzene rings is 1. The molecule has 0 radical (unpaired) electrons. The van der Waals surface area contributed by atoms with Crippen molar-refractivity contribution in [1.82, 2.24) is 5.32 Å². The second kappa shape index (κ2) is 9.13. The molecule has 0 aliphatic heterocycles. The first-order chi connectivity index (χ1) is 11.4. The van der Waals surface area contributed by atoms with Crippen LogP contribution in [-0.4, -0.2) is 51.4 Å². The number of hydrogen-bond donors (Lipinski definition) is 1. The Hall–Kier alpha value is -3.10. The number of hydrogen-bond acceptors (Lipinski definition) is 8. The number of carbonyl (C=O) groups is 4. The standard InChI is InChI=1S/C15H17NO8/c1-9(17)24-8-16-13(18)7-23-12-5-10(14(19)21-2)4-11(6-12)15(20)22-3/h4-6H,7-8H2,1-3H3,(H,16,18). The van der Waals surface area contributed by atoms with Crippen LogP contribution in [0.1, 0.15) is 27.6 Å². The molecule has 0 fully saturated rings. The van der Waals surface area contributed by atoms with Gasteiger partial charge in [0.25, 0.3) is 5.91 Å². The molecule has 130 valence electrons. The maximum atomic E-state index is 11.6. The first-order valence-corrected chi connectivity index (χ1v) is 6.72. The van der Waals surface area contributed by atoms with Crippen molar-refractivity contribution in [2.45, 2.75) is 6.92 Å². The number of amides is 1. The molecule has 0 spiro atoms. The molecule has 1 N–H and O–H groups in total. The van der Waals surface area contributed by atoms with Gasteiger partial charge in [0.2, 0.25) is 0 Å². The van der Waals surface area contributed by atoms with Crippen molar-refractivity contribution >= 4 is 23.8 Å². The molecule has 0 unspecified atom stereocenters. The van der Waals surface area contributed by atoms with Crippen molar-refractivity contribution < 1.29 is 38.1 Å². The summed E-state index contributed by atoms with van der Waals surface area (Å²) in [5, 5.41) is 2.29. The average Bonchev–Trinajstić information content (AvgIpc) is 2.57. The van der Waals surface area contributed by atoms with E-state index in [4.69, 9.17) is 4.74 Å². The summed E-state index contributed by atoms with van der Waals surface area (Å²) in [5.74, 6) is -2.35. The van der Waals surface area contributed by atoms with Gasteiger partial charge < -0.3 is 24.3 Å². The maximum Gasteiger partial charge on any atom is 0.338 e. The highest BCUT2D eigenvalue weighted by molar-refractivity contribution is 5.96. The molecule has 0 bridgehead atoms. The molecule has 24 heavy (non-hydrogen) atoms. The van der Waals surface area contributed by atoms with Gasteiger partial charge in [0.05, 0.1) is 25.3 Å². The average molecular weight is 339 g/mol. The molecule has 0 heterocycles. The molecular formula is C15H17NO8. The third kappa shape index (κ3) is 5.95. The van der Waals surface area contributed by atoms with E-state index in [1.165, 1.54) is 39.3 Å². The molecule has 0 aromatic heterocycles. The number of carbonyl (C=O) groups excluding carboxylic acids is 4.